The lowest BCUT2D eigenvalue weighted by Gasteiger charge is -2.03. The largest absolute Gasteiger partial charge is 0.481 e. The Morgan fingerprint density at radius 3 is 2.77 bits per heavy atom. The summed E-state index contributed by atoms with van der Waals surface area (Å²) in [4.78, 5) is 10.3. The first kappa shape index (κ1) is 9.99. The van der Waals surface area contributed by atoms with E-state index in [1.165, 1.54) is 12.1 Å². The van der Waals surface area contributed by atoms with Crippen LogP contribution in [-0.4, -0.2) is 11.1 Å². The Balaban J connectivity index is 3.12. The van der Waals surface area contributed by atoms with Crippen molar-refractivity contribution in [3.63, 3.8) is 0 Å². The molecule has 0 atom stereocenters. The normalized spacial score (nSPS) is 10.1. The Labute approximate surface area is 80.0 Å². The number of hydrogen-bond acceptors (Lipinski definition) is 1. The summed E-state index contributed by atoms with van der Waals surface area (Å²) < 4.78 is 13.2. The van der Waals surface area contributed by atoms with Gasteiger partial charge in [0.2, 0.25) is 0 Å². The zero-order valence-corrected chi connectivity index (χ0v) is 7.73. The Bertz CT molecular complexity index is 350. The molecular formula is C9H8ClFO2. The Morgan fingerprint density at radius 2 is 2.23 bits per heavy atom. The van der Waals surface area contributed by atoms with Gasteiger partial charge in [0.05, 0.1) is 6.42 Å². The third-order valence-corrected chi connectivity index (χ3v) is 1.85. The van der Waals surface area contributed by atoms with Crippen molar-refractivity contribution in [2.75, 3.05) is 0 Å². The SMILES string of the molecule is Cc1cc(Cl)cc(CC(=O)O)c1F. The smallest absolute Gasteiger partial charge is 0.307 e. The van der Waals surface area contributed by atoms with Gasteiger partial charge in [-0.3, -0.25) is 4.79 Å². The third kappa shape index (κ3) is 2.42. The zero-order valence-electron chi connectivity index (χ0n) is 6.97. The molecule has 0 spiro atoms. The highest BCUT2D eigenvalue weighted by molar-refractivity contribution is 6.30. The van der Waals surface area contributed by atoms with Crippen LogP contribution in [0, 0.1) is 12.7 Å². The van der Waals surface area contributed by atoms with Crippen molar-refractivity contribution in [2.24, 2.45) is 0 Å². The number of benzene rings is 1. The van der Waals surface area contributed by atoms with E-state index >= 15 is 0 Å². The highest BCUT2D eigenvalue weighted by atomic mass is 35.5. The molecule has 70 valence electrons. The fourth-order valence-electron chi connectivity index (χ4n) is 1.09. The molecule has 0 aliphatic heterocycles. The van der Waals surface area contributed by atoms with Crippen molar-refractivity contribution in [1.29, 1.82) is 0 Å². The minimum absolute atomic E-state index is 0.123. The van der Waals surface area contributed by atoms with Gasteiger partial charge in [-0.1, -0.05) is 11.6 Å². The molecular weight excluding hydrogens is 195 g/mol. The molecule has 1 aromatic rings. The average Bonchev–Trinajstić information content (AvgIpc) is 1.98. The second-order valence-electron chi connectivity index (χ2n) is 2.77. The Kier molecular flexibility index (Phi) is 2.88. The lowest BCUT2D eigenvalue weighted by atomic mass is 10.1. The van der Waals surface area contributed by atoms with Crippen LogP contribution < -0.4 is 0 Å². The second-order valence-corrected chi connectivity index (χ2v) is 3.20. The lowest BCUT2D eigenvalue weighted by Crippen LogP contribution is -2.03. The second kappa shape index (κ2) is 3.75. The van der Waals surface area contributed by atoms with E-state index in [1.807, 2.05) is 0 Å². The van der Waals surface area contributed by atoms with E-state index in [9.17, 15) is 9.18 Å². The molecule has 2 nitrogen and oxygen atoms in total. The van der Waals surface area contributed by atoms with Gasteiger partial charge >= 0.3 is 5.97 Å². The topological polar surface area (TPSA) is 37.3 Å². The van der Waals surface area contributed by atoms with E-state index in [2.05, 4.69) is 0 Å². The summed E-state index contributed by atoms with van der Waals surface area (Å²) in [6.45, 7) is 1.55. The highest BCUT2D eigenvalue weighted by Crippen LogP contribution is 2.19. The van der Waals surface area contributed by atoms with E-state index in [0.29, 0.717) is 10.6 Å². The number of rotatable bonds is 2. The Morgan fingerprint density at radius 1 is 1.62 bits per heavy atom. The monoisotopic (exact) mass is 202 g/mol. The molecule has 0 aliphatic carbocycles. The van der Waals surface area contributed by atoms with Gasteiger partial charge in [-0.15, -0.1) is 0 Å². The van der Waals surface area contributed by atoms with Crippen molar-refractivity contribution >= 4 is 17.6 Å². The molecule has 1 aromatic carbocycles. The molecule has 0 fully saturated rings. The van der Waals surface area contributed by atoms with Gasteiger partial charge in [0.25, 0.3) is 0 Å². The van der Waals surface area contributed by atoms with Gasteiger partial charge in [0, 0.05) is 10.6 Å². The summed E-state index contributed by atoms with van der Waals surface area (Å²) >= 11 is 5.65. The molecule has 0 bridgehead atoms. The fourth-order valence-corrected chi connectivity index (χ4v) is 1.38. The maximum absolute atomic E-state index is 13.2. The first-order valence-electron chi connectivity index (χ1n) is 3.67. The van der Waals surface area contributed by atoms with Gasteiger partial charge in [-0.25, -0.2) is 4.39 Å². The molecule has 0 amide bonds. The first-order chi connectivity index (χ1) is 6.00. The predicted octanol–water partition coefficient (Wildman–Crippen LogP) is 2.41. The maximum atomic E-state index is 13.2. The average molecular weight is 203 g/mol. The van der Waals surface area contributed by atoms with E-state index in [4.69, 9.17) is 16.7 Å². The molecule has 0 aromatic heterocycles. The number of carboxylic acids is 1. The molecule has 0 aliphatic rings. The van der Waals surface area contributed by atoms with Gasteiger partial charge < -0.3 is 5.11 Å². The molecule has 4 heteroatoms. The van der Waals surface area contributed by atoms with E-state index < -0.39 is 11.8 Å². The molecule has 0 saturated heterocycles. The van der Waals surface area contributed by atoms with Crippen molar-refractivity contribution in [3.05, 3.63) is 34.1 Å². The number of halogens is 2. The molecule has 0 heterocycles. The van der Waals surface area contributed by atoms with Crippen LogP contribution in [0.5, 0.6) is 0 Å². The summed E-state index contributed by atoms with van der Waals surface area (Å²) in [6, 6.07) is 2.79. The van der Waals surface area contributed by atoms with Gasteiger partial charge in [0.15, 0.2) is 0 Å². The van der Waals surface area contributed by atoms with Crippen LogP contribution in [0.1, 0.15) is 11.1 Å². The van der Waals surface area contributed by atoms with Gasteiger partial charge in [0.1, 0.15) is 5.82 Å². The van der Waals surface area contributed by atoms with Crippen LogP contribution in [0.4, 0.5) is 4.39 Å². The van der Waals surface area contributed by atoms with Crippen molar-refractivity contribution in [2.45, 2.75) is 13.3 Å². The molecule has 0 radical (unpaired) electrons. The minimum atomic E-state index is -1.07. The minimum Gasteiger partial charge on any atom is -0.481 e. The van der Waals surface area contributed by atoms with Crippen LogP contribution >= 0.6 is 11.6 Å². The summed E-state index contributed by atoms with van der Waals surface area (Å²) in [6.07, 6.45) is -0.340. The first-order valence-corrected chi connectivity index (χ1v) is 4.05. The molecule has 13 heavy (non-hydrogen) atoms. The quantitative estimate of drug-likeness (QED) is 0.800. The third-order valence-electron chi connectivity index (χ3n) is 1.64. The van der Waals surface area contributed by atoms with Crippen LogP contribution in [-0.2, 0) is 11.2 Å². The van der Waals surface area contributed by atoms with Crippen molar-refractivity contribution in [3.8, 4) is 0 Å². The number of aliphatic carboxylic acids is 1. The summed E-state index contributed by atoms with van der Waals surface area (Å²) in [5, 5.41) is 8.82. The number of carboxylic acid groups (broad SMARTS) is 1. The van der Waals surface area contributed by atoms with Crippen LogP contribution in [0.25, 0.3) is 0 Å². The van der Waals surface area contributed by atoms with Crippen LogP contribution in [0.3, 0.4) is 0 Å². The van der Waals surface area contributed by atoms with Gasteiger partial charge in [-0.2, -0.15) is 0 Å². The summed E-state index contributed by atoms with van der Waals surface area (Å²) in [7, 11) is 0. The molecule has 1 N–H and O–H groups in total. The van der Waals surface area contributed by atoms with E-state index in [1.54, 1.807) is 6.92 Å². The maximum Gasteiger partial charge on any atom is 0.307 e. The highest BCUT2D eigenvalue weighted by Gasteiger charge is 2.10. The zero-order chi connectivity index (χ0) is 10.0. The standard InChI is InChI=1S/C9H8ClFO2/c1-5-2-7(10)3-6(9(5)11)4-8(12)13/h2-3H,4H2,1H3,(H,12,13). The van der Waals surface area contributed by atoms with Crippen molar-refractivity contribution < 1.29 is 14.3 Å². The molecule has 1 rings (SSSR count). The van der Waals surface area contributed by atoms with Gasteiger partial charge in [-0.05, 0) is 24.6 Å². The number of carbonyl (C=O) groups is 1. The van der Waals surface area contributed by atoms with Crippen molar-refractivity contribution in [1.82, 2.24) is 0 Å². The number of hydrogen-bond donors (Lipinski definition) is 1. The van der Waals surface area contributed by atoms with Crippen LogP contribution in [0.15, 0.2) is 12.1 Å². The summed E-state index contributed by atoms with van der Waals surface area (Å²) in [5.41, 5.74) is 0.487. The summed E-state index contributed by atoms with van der Waals surface area (Å²) in [5.74, 6) is -1.56. The van der Waals surface area contributed by atoms with E-state index in [0.717, 1.165) is 0 Å². The molecule has 0 unspecified atom stereocenters. The predicted molar refractivity (Wildman–Crippen MR) is 47.5 cm³/mol. The fraction of sp³-hybridized carbons (Fsp3) is 0.222. The number of aryl methyl sites for hydroxylation is 1. The lowest BCUT2D eigenvalue weighted by molar-refractivity contribution is -0.136. The van der Waals surface area contributed by atoms with Crippen LogP contribution in [0.2, 0.25) is 5.02 Å². The Hall–Kier alpha value is -1.09. The molecule has 0 saturated carbocycles. The van der Waals surface area contributed by atoms with E-state index in [-0.39, 0.29) is 12.0 Å².